The maximum Gasteiger partial charge on any atom is 0.218 e. The lowest BCUT2D eigenvalue weighted by molar-refractivity contribution is 0.104. The fraction of sp³-hybridized carbons (Fsp3) is 0.714. The maximum atomic E-state index is 5.65. The first-order chi connectivity index (χ1) is 9.69. The number of aromatic nitrogens is 2. The Kier molecular flexibility index (Phi) is 5.55. The lowest BCUT2D eigenvalue weighted by atomic mass is 10.2. The molecule has 0 radical (unpaired) electrons. The van der Waals surface area contributed by atoms with Crippen LogP contribution in [0.15, 0.2) is 6.07 Å². The molecule has 0 spiro atoms. The molecule has 2 rings (SSSR count). The molecule has 1 atom stereocenters. The molecule has 1 unspecified atom stereocenters. The zero-order chi connectivity index (χ0) is 14.4. The summed E-state index contributed by atoms with van der Waals surface area (Å²) >= 11 is 0. The van der Waals surface area contributed by atoms with E-state index in [4.69, 9.17) is 9.47 Å². The molecule has 0 amide bonds. The van der Waals surface area contributed by atoms with Crippen LogP contribution < -0.4 is 10.1 Å². The van der Waals surface area contributed by atoms with Gasteiger partial charge in [0.1, 0.15) is 11.9 Å². The van der Waals surface area contributed by atoms with E-state index in [1.54, 1.807) is 0 Å². The number of ether oxygens (including phenoxy) is 2. The molecule has 1 aliphatic rings. The van der Waals surface area contributed by atoms with Crippen LogP contribution in [0.3, 0.4) is 0 Å². The third-order valence-corrected chi connectivity index (χ3v) is 3.09. The highest BCUT2D eigenvalue weighted by Gasteiger charge is 2.22. The van der Waals surface area contributed by atoms with Gasteiger partial charge in [0.15, 0.2) is 5.82 Å². The van der Waals surface area contributed by atoms with Crippen LogP contribution in [0.5, 0.6) is 5.88 Å². The second-order valence-corrected chi connectivity index (χ2v) is 5.11. The van der Waals surface area contributed by atoms with E-state index in [0.29, 0.717) is 12.5 Å². The predicted molar refractivity (Wildman–Crippen MR) is 78.2 cm³/mol. The summed E-state index contributed by atoms with van der Waals surface area (Å²) in [5.41, 5.74) is 0. The largest absolute Gasteiger partial charge is 0.478 e. The minimum absolute atomic E-state index is 0.00445. The molecule has 1 fully saturated rings. The summed E-state index contributed by atoms with van der Waals surface area (Å²) in [5, 5.41) is 3.31. The summed E-state index contributed by atoms with van der Waals surface area (Å²) in [4.78, 5) is 11.1. The van der Waals surface area contributed by atoms with Gasteiger partial charge in [-0.05, 0) is 33.9 Å². The average Bonchev–Trinajstić information content (AvgIpc) is 2.92. The molecule has 1 aromatic heterocycles. The topological polar surface area (TPSA) is 59.5 Å². The number of nitrogens with zero attached hydrogens (tertiary/aromatic N) is 3. The molecule has 0 aromatic carbocycles. The zero-order valence-corrected chi connectivity index (χ0v) is 12.6. The molecule has 1 aliphatic heterocycles. The van der Waals surface area contributed by atoms with Gasteiger partial charge in [0.05, 0.1) is 6.61 Å². The van der Waals surface area contributed by atoms with Crippen LogP contribution >= 0.6 is 0 Å². The average molecular weight is 280 g/mol. The van der Waals surface area contributed by atoms with Gasteiger partial charge >= 0.3 is 0 Å². The van der Waals surface area contributed by atoms with Crippen LogP contribution in [-0.4, -0.2) is 55.3 Å². The van der Waals surface area contributed by atoms with Crippen molar-refractivity contribution in [3.63, 3.8) is 0 Å². The van der Waals surface area contributed by atoms with E-state index in [9.17, 15) is 0 Å². The van der Waals surface area contributed by atoms with Gasteiger partial charge < -0.3 is 19.7 Å². The van der Waals surface area contributed by atoms with Crippen molar-refractivity contribution in [2.45, 2.75) is 25.9 Å². The second kappa shape index (κ2) is 7.40. The van der Waals surface area contributed by atoms with Gasteiger partial charge in [-0.1, -0.05) is 0 Å². The molecular weight excluding hydrogens is 256 g/mol. The van der Waals surface area contributed by atoms with E-state index in [1.165, 1.54) is 0 Å². The third kappa shape index (κ3) is 4.31. The highest BCUT2D eigenvalue weighted by atomic mass is 16.5. The molecule has 0 saturated carbocycles. The maximum absolute atomic E-state index is 5.65. The SMILES string of the molecule is CCOc1cc(NCCN(C)C)nc(C2CCCO2)n1. The fourth-order valence-electron chi connectivity index (χ4n) is 2.09. The van der Waals surface area contributed by atoms with Crippen molar-refractivity contribution in [3.05, 3.63) is 11.9 Å². The molecule has 1 aromatic rings. The van der Waals surface area contributed by atoms with Gasteiger partial charge in [-0.2, -0.15) is 4.98 Å². The normalized spacial score (nSPS) is 18.5. The number of anilines is 1. The van der Waals surface area contributed by atoms with Gasteiger partial charge in [-0.3, -0.25) is 0 Å². The van der Waals surface area contributed by atoms with E-state index in [0.717, 1.165) is 44.2 Å². The standard InChI is InChI=1S/C14H24N4O2/c1-4-19-13-10-12(15-7-8-18(2)3)16-14(17-13)11-6-5-9-20-11/h10-11H,4-9H2,1-3H3,(H,15,16,17). The van der Waals surface area contributed by atoms with Crippen LogP contribution in [0.25, 0.3) is 0 Å². The minimum atomic E-state index is 0.00445. The van der Waals surface area contributed by atoms with Gasteiger partial charge in [0.25, 0.3) is 0 Å². The third-order valence-electron chi connectivity index (χ3n) is 3.09. The van der Waals surface area contributed by atoms with E-state index < -0.39 is 0 Å². The number of hydrogen-bond donors (Lipinski definition) is 1. The summed E-state index contributed by atoms with van der Waals surface area (Å²) < 4.78 is 11.2. The summed E-state index contributed by atoms with van der Waals surface area (Å²) in [6.45, 7) is 5.12. The molecule has 0 aliphatic carbocycles. The number of hydrogen-bond acceptors (Lipinski definition) is 6. The Hall–Kier alpha value is -1.40. The Balaban J connectivity index is 2.08. The summed E-state index contributed by atoms with van der Waals surface area (Å²) in [6.07, 6.45) is 2.05. The summed E-state index contributed by atoms with van der Waals surface area (Å²) in [6, 6.07) is 1.84. The van der Waals surface area contributed by atoms with Crippen LogP contribution in [0.1, 0.15) is 31.7 Å². The number of likely N-dealkylation sites (N-methyl/N-ethyl adjacent to an activating group) is 1. The Morgan fingerprint density at radius 2 is 2.30 bits per heavy atom. The monoisotopic (exact) mass is 280 g/mol. The molecule has 1 N–H and O–H groups in total. The quantitative estimate of drug-likeness (QED) is 0.820. The van der Waals surface area contributed by atoms with Gasteiger partial charge in [-0.25, -0.2) is 4.98 Å². The summed E-state index contributed by atoms with van der Waals surface area (Å²) in [5.74, 6) is 2.14. The van der Waals surface area contributed by atoms with Crippen LogP contribution in [-0.2, 0) is 4.74 Å². The molecule has 112 valence electrons. The number of nitrogens with one attached hydrogen (secondary N) is 1. The Labute approximate surface area is 120 Å². The fourth-order valence-corrected chi connectivity index (χ4v) is 2.09. The molecular formula is C14H24N4O2. The molecule has 6 nitrogen and oxygen atoms in total. The van der Waals surface area contributed by atoms with Crippen molar-refractivity contribution in [2.24, 2.45) is 0 Å². The molecule has 6 heteroatoms. The van der Waals surface area contributed by atoms with Crippen LogP contribution in [0, 0.1) is 0 Å². The Morgan fingerprint density at radius 1 is 1.45 bits per heavy atom. The Morgan fingerprint density at radius 3 is 2.95 bits per heavy atom. The first kappa shape index (κ1) is 15.0. The predicted octanol–water partition coefficient (Wildman–Crippen LogP) is 1.70. The molecule has 0 bridgehead atoms. The van der Waals surface area contributed by atoms with Gasteiger partial charge in [0.2, 0.25) is 5.88 Å². The van der Waals surface area contributed by atoms with E-state index in [-0.39, 0.29) is 6.10 Å². The smallest absolute Gasteiger partial charge is 0.218 e. The van der Waals surface area contributed by atoms with Gasteiger partial charge in [0, 0.05) is 25.8 Å². The number of rotatable bonds is 7. The lowest BCUT2D eigenvalue weighted by Crippen LogP contribution is -2.21. The first-order valence-corrected chi connectivity index (χ1v) is 7.21. The molecule has 1 saturated heterocycles. The van der Waals surface area contributed by atoms with Crippen LogP contribution in [0.2, 0.25) is 0 Å². The van der Waals surface area contributed by atoms with Crippen molar-refractivity contribution in [2.75, 3.05) is 45.7 Å². The van der Waals surface area contributed by atoms with E-state index in [2.05, 4.69) is 20.2 Å². The Bertz CT molecular complexity index is 420. The highest BCUT2D eigenvalue weighted by Crippen LogP contribution is 2.28. The molecule has 2 heterocycles. The van der Waals surface area contributed by atoms with Crippen molar-refractivity contribution in [1.82, 2.24) is 14.9 Å². The van der Waals surface area contributed by atoms with Gasteiger partial charge in [-0.15, -0.1) is 0 Å². The van der Waals surface area contributed by atoms with Crippen molar-refractivity contribution in [1.29, 1.82) is 0 Å². The first-order valence-electron chi connectivity index (χ1n) is 7.21. The molecule has 20 heavy (non-hydrogen) atoms. The minimum Gasteiger partial charge on any atom is -0.478 e. The second-order valence-electron chi connectivity index (χ2n) is 5.11. The zero-order valence-electron chi connectivity index (χ0n) is 12.6. The van der Waals surface area contributed by atoms with Crippen LogP contribution in [0.4, 0.5) is 5.82 Å². The van der Waals surface area contributed by atoms with Crippen molar-refractivity contribution in [3.8, 4) is 5.88 Å². The van der Waals surface area contributed by atoms with E-state index in [1.807, 2.05) is 27.1 Å². The van der Waals surface area contributed by atoms with Crippen molar-refractivity contribution >= 4 is 5.82 Å². The summed E-state index contributed by atoms with van der Waals surface area (Å²) in [7, 11) is 4.09. The highest BCUT2D eigenvalue weighted by molar-refractivity contribution is 5.38. The van der Waals surface area contributed by atoms with Crippen molar-refractivity contribution < 1.29 is 9.47 Å². The lowest BCUT2D eigenvalue weighted by Gasteiger charge is -2.14. The van der Waals surface area contributed by atoms with E-state index >= 15 is 0 Å².